The standard InChI is InChI=1S/C50H54/c1-31-18-21-39(47(31)50-28-32-22-33(29-50)24-34(23-32)30-50)45-42-25-37-19-20-38(48(2,3)4)26-40(37)41(42)27-43(49(5,6)7)46(45)44(35-14-10-8-11-15-35)36-16-12-9-13-17-36/h8-20,25-27,32-34H,21-24,28-30H2,1-7H3. The number of rotatable bonds is 4. The molecule has 6 aliphatic rings. The molecule has 0 nitrogen and oxygen atoms in total. The molecule has 4 aromatic carbocycles. The SMILES string of the molecule is CC1=CCC(c2c3c(cc(C(C)(C)C)c2=C(c2ccccc2)c2ccccc2)=c2cc(C(C)(C)C)ccc2=C3)=C1C12CC3CC(CC(C3)C1)C2. The molecule has 0 heterocycles. The van der Waals surface area contributed by atoms with Gasteiger partial charge in [-0.15, -0.1) is 0 Å². The van der Waals surface area contributed by atoms with Gasteiger partial charge >= 0.3 is 0 Å². The van der Waals surface area contributed by atoms with Crippen molar-refractivity contribution in [2.75, 3.05) is 0 Å². The van der Waals surface area contributed by atoms with E-state index in [1.54, 1.807) is 16.7 Å². The van der Waals surface area contributed by atoms with Gasteiger partial charge in [0.1, 0.15) is 0 Å². The Kier molecular flexibility index (Phi) is 7.24. The Morgan fingerprint density at radius 1 is 0.660 bits per heavy atom. The fourth-order valence-corrected chi connectivity index (χ4v) is 11.5. The molecule has 0 heteroatoms. The smallest absolute Gasteiger partial charge is 0.00295 e. The molecule has 4 bridgehead atoms. The first-order chi connectivity index (χ1) is 23.9. The lowest BCUT2D eigenvalue weighted by Gasteiger charge is -2.58. The second kappa shape index (κ2) is 11.3. The van der Waals surface area contributed by atoms with Crippen molar-refractivity contribution in [1.29, 1.82) is 0 Å². The predicted molar refractivity (Wildman–Crippen MR) is 211 cm³/mol. The average molecular weight is 655 g/mol. The summed E-state index contributed by atoms with van der Waals surface area (Å²) in [5.74, 6) is 2.74. The normalized spacial score (nSPS) is 25.0. The molecular formula is C50H54. The minimum Gasteiger partial charge on any atom is -0.0769 e. The molecule has 4 fully saturated rings. The molecule has 10 rings (SSSR count). The summed E-state index contributed by atoms with van der Waals surface area (Å²) in [5, 5.41) is 5.66. The van der Waals surface area contributed by atoms with Gasteiger partial charge in [0.25, 0.3) is 0 Å². The minimum absolute atomic E-state index is 0.0686. The van der Waals surface area contributed by atoms with Gasteiger partial charge in [0, 0.05) is 0 Å². The van der Waals surface area contributed by atoms with Crippen molar-refractivity contribution in [3.8, 4) is 0 Å². The van der Waals surface area contributed by atoms with Gasteiger partial charge in [-0.05, 0) is 169 Å². The Labute approximate surface area is 300 Å². The summed E-state index contributed by atoms with van der Waals surface area (Å²) in [5.41, 5.74) is 15.1. The van der Waals surface area contributed by atoms with Crippen LogP contribution in [0.5, 0.6) is 0 Å². The highest BCUT2D eigenvalue weighted by atomic mass is 14.6. The van der Waals surface area contributed by atoms with E-state index < -0.39 is 0 Å². The van der Waals surface area contributed by atoms with Crippen LogP contribution in [0.15, 0.2) is 102 Å². The molecule has 0 atom stereocenters. The molecule has 0 N–H and O–H groups in total. The first-order valence-electron chi connectivity index (χ1n) is 19.5. The molecule has 0 aromatic heterocycles. The zero-order valence-corrected chi connectivity index (χ0v) is 31.4. The summed E-state index contributed by atoms with van der Waals surface area (Å²) in [6.07, 6.45) is 14.8. The van der Waals surface area contributed by atoms with Gasteiger partial charge in [0.15, 0.2) is 0 Å². The largest absolute Gasteiger partial charge is 0.0769 e. The summed E-state index contributed by atoms with van der Waals surface area (Å²) in [6.45, 7) is 16.8. The van der Waals surface area contributed by atoms with E-state index in [9.17, 15) is 0 Å². The number of hydrogen-bond acceptors (Lipinski definition) is 0. The van der Waals surface area contributed by atoms with Gasteiger partial charge in [0.05, 0.1) is 0 Å². The van der Waals surface area contributed by atoms with Gasteiger partial charge in [-0.3, -0.25) is 0 Å². The van der Waals surface area contributed by atoms with Crippen molar-refractivity contribution < 1.29 is 0 Å². The Hall–Kier alpha value is -3.90. The summed E-state index contributed by atoms with van der Waals surface area (Å²) in [7, 11) is 0. The van der Waals surface area contributed by atoms with Gasteiger partial charge in [0.2, 0.25) is 0 Å². The Balaban J connectivity index is 1.50. The van der Waals surface area contributed by atoms with E-state index in [2.05, 4.69) is 146 Å². The maximum Gasteiger partial charge on any atom is -0.00295 e. The minimum atomic E-state index is -0.0686. The van der Waals surface area contributed by atoms with Crippen LogP contribution in [-0.4, -0.2) is 0 Å². The van der Waals surface area contributed by atoms with Crippen LogP contribution in [0, 0.1) is 33.6 Å². The van der Waals surface area contributed by atoms with Crippen molar-refractivity contribution in [3.63, 3.8) is 0 Å². The average Bonchev–Trinajstić information content (AvgIpc) is 3.64. The second-order valence-electron chi connectivity index (χ2n) is 18.8. The van der Waals surface area contributed by atoms with Crippen molar-refractivity contribution in [2.24, 2.45) is 23.2 Å². The molecule has 0 saturated heterocycles. The first kappa shape index (κ1) is 32.0. The summed E-state index contributed by atoms with van der Waals surface area (Å²) in [4.78, 5) is 0. The van der Waals surface area contributed by atoms with Crippen LogP contribution in [0.1, 0.15) is 127 Å². The van der Waals surface area contributed by atoms with Crippen molar-refractivity contribution in [1.82, 2.24) is 0 Å². The van der Waals surface area contributed by atoms with E-state index >= 15 is 0 Å². The van der Waals surface area contributed by atoms with Crippen molar-refractivity contribution in [3.05, 3.63) is 156 Å². The molecule has 4 aromatic rings. The van der Waals surface area contributed by atoms with Crippen LogP contribution >= 0.6 is 0 Å². The van der Waals surface area contributed by atoms with E-state index in [1.807, 2.05) is 0 Å². The maximum atomic E-state index is 2.61. The van der Waals surface area contributed by atoms with Crippen LogP contribution < -0.4 is 10.4 Å². The third-order valence-corrected chi connectivity index (χ3v) is 13.2. The van der Waals surface area contributed by atoms with Crippen molar-refractivity contribution >= 4 is 17.2 Å². The van der Waals surface area contributed by atoms with Crippen LogP contribution in [0.2, 0.25) is 0 Å². The zero-order chi connectivity index (χ0) is 34.6. The lowest BCUT2D eigenvalue weighted by atomic mass is 9.47. The molecule has 0 radical (unpaired) electrons. The van der Waals surface area contributed by atoms with Gasteiger partial charge in [-0.25, -0.2) is 0 Å². The Morgan fingerprint density at radius 2 is 1.24 bits per heavy atom. The zero-order valence-electron chi connectivity index (χ0n) is 31.4. The van der Waals surface area contributed by atoms with Gasteiger partial charge in [-0.2, -0.15) is 0 Å². The van der Waals surface area contributed by atoms with E-state index in [0.717, 1.165) is 24.2 Å². The summed E-state index contributed by atoms with van der Waals surface area (Å²) >= 11 is 0. The summed E-state index contributed by atoms with van der Waals surface area (Å²) < 4.78 is 0. The van der Waals surface area contributed by atoms with Crippen LogP contribution in [0.25, 0.3) is 17.2 Å². The van der Waals surface area contributed by atoms with Gasteiger partial charge in [-0.1, -0.05) is 132 Å². The fraction of sp³-hybridized carbons (Fsp3) is 0.400. The lowest BCUT2D eigenvalue weighted by molar-refractivity contribution is -0.0287. The highest BCUT2D eigenvalue weighted by molar-refractivity contribution is 5.90. The van der Waals surface area contributed by atoms with E-state index in [4.69, 9.17) is 0 Å². The Morgan fingerprint density at radius 3 is 1.78 bits per heavy atom. The van der Waals surface area contributed by atoms with E-state index in [1.165, 1.54) is 98.4 Å². The molecule has 0 amide bonds. The summed E-state index contributed by atoms with van der Waals surface area (Å²) in [6, 6.07) is 32.5. The number of allylic oxidation sites excluding steroid dienone is 4. The predicted octanol–water partition coefficient (Wildman–Crippen LogP) is 11.3. The number of benzene rings is 4. The lowest BCUT2D eigenvalue weighted by Crippen LogP contribution is -2.47. The molecule has 0 spiro atoms. The molecule has 254 valence electrons. The molecule has 0 aliphatic heterocycles. The fourth-order valence-electron chi connectivity index (χ4n) is 11.5. The third kappa shape index (κ3) is 5.07. The van der Waals surface area contributed by atoms with E-state index in [-0.39, 0.29) is 10.8 Å². The molecule has 50 heavy (non-hydrogen) atoms. The maximum absolute atomic E-state index is 2.61. The van der Waals surface area contributed by atoms with Crippen LogP contribution in [-0.2, 0) is 10.8 Å². The molecule has 4 saturated carbocycles. The monoisotopic (exact) mass is 654 g/mol. The van der Waals surface area contributed by atoms with Crippen LogP contribution in [0.3, 0.4) is 0 Å². The highest BCUT2D eigenvalue weighted by Gasteiger charge is 2.53. The van der Waals surface area contributed by atoms with Crippen LogP contribution in [0.4, 0.5) is 0 Å². The number of fused-ring (bicyclic) bond motifs is 2. The topological polar surface area (TPSA) is 0 Å². The molecule has 0 unspecified atom stereocenters. The highest BCUT2D eigenvalue weighted by Crippen LogP contribution is 2.65. The second-order valence-corrected chi connectivity index (χ2v) is 18.8. The van der Waals surface area contributed by atoms with Crippen molar-refractivity contribution in [2.45, 2.75) is 104 Å². The van der Waals surface area contributed by atoms with E-state index in [0.29, 0.717) is 5.41 Å². The first-order valence-corrected chi connectivity index (χ1v) is 19.5. The Bertz CT molecular complexity index is 2240. The molecular weight excluding hydrogens is 601 g/mol. The molecule has 6 aliphatic carbocycles. The quantitative estimate of drug-likeness (QED) is 0.181. The third-order valence-electron chi connectivity index (χ3n) is 13.2. The number of hydrogen-bond donors (Lipinski definition) is 0. The van der Waals surface area contributed by atoms with Gasteiger partial charge < -0.3 is 0 Å².